The van der Waals surface area contributed by atoms with Gasteiger partial charge in [0, 0.05) is 55.5 Å². The number of anilines is 1. The number of piperazine rings is 1. The Hall–Kier alpha value is -3.48. The summed E-state index contributed by atoms with van der Waals surface area (Å²) in [5, 5.41) is 5.40. The molecule has 5 nitrogen and oxygen atoms in total. The molecule has 0 spiro atoms. The first-order valence-corrected chi connectivity index (χ1v) is 12.6. The monoisotopic (exact) mass is 502 g/mol. The normalized spacial score (nSPS) is 14.2. The Morgan fingerprint density at radius 3 is 2.28 bits per heavy atom. The molecule has 0 aliphatic carbocycles. The number of hydrogen-bond acceptors (Lipinski definition) is 4. The molecule has 0 unspecified atom stereocenters. The Morgan fingerprint density at radius 2 is 1.56 bits per heavy atom. The van der Waals surface area contributed by atoms with E-state index in [0.717, 1.165) is 61.0 Å². The maximum absolute atomic E-state index is 13.5. The van der Waals surface area contributed by atoms with Crippen LogP contribution in [0.5, 0.6) is 0 Å². The van der Waals surface area contributed by atoms with Gasteiger partial charge in [-0.2, -0.15) is 5.10 Å². The van der Waals surface area contributed by atoms with E-state index in [1.165, 1.54) is 12.1 Å². The van der Waals surface area contributed by atoms with E-state index >= 15 is 0 Å². The van der Waals surface area contributed by atoms with Gasteiger partial charge in [0.05, 0.1) is 11.3 Å². The molecule has 1 aliphatic heterocycles. The van der Waals surface area contributed by atoms with Crippen LogP contribution in [0.25, 0.3) is 22.4 Å². The van der Waals surface area contributed by atoms with Crippen molar-refractivity contribution in [3.63, 3.8) is 0 Å². The van der Waals surface area contributed by atoms with Crippen LogP contribution in [0.4, 0.5) is 10.1 Å². The topological polar surface area (TPSA) is 41.4 Å². The summed E-state index contributed by atoms with van der Waals surface area (Å²) in [6.07, 6.45) is 0.811. The standard InChI is InChI=1S/C29H28ClFN4O/c30-24-8-4-9-26(20-24)34-18-16-33(17-19-34)14-5-15-35-29(36)27(22-6-2-1-3-7-22)21-28(32-35)23-10-12-25(31)13-11-23/h1-4,6-13,20-21H,5,14-19H2. The second-order valence-corrected chi connectivity index (χ2v) is 9.44. The predicted molar refractivity (Wildman–Crippen MR) is 144 cm³/mol. The van der Waals surface area contributed by atoms with Crippen molar-refractivity contribution < 1.29 is 4.39 Å². The largest absolute Gasteiger partial charge is 0.369 e. The van der Waals surface area contributed by atoms with Gasteiger partial charge in [-0.05, 0) is 60.5 Å². The van der Waals surface area contributed by atoms with Gasteiger partial charge in [-0.3, -0.25) is 9.69 Å². The molecule has 0 atom stereocenters. The van der Waals surface area contributed by atoms with Crippen LogP contribution in [0.1, 0.15) is 6.42 Å². The van der Waals surface area contributed by atoms with Crippen LogP contribution in [0.2, 0.25) is 5.02 Å². The summed E-state index contributed by atoms with van der Waals surface area (Å²) >= 11 is 6.15. The number of aromatic nitrogens is 2. The minimum Gasteiger partial charge on any atom is -0.369 e. The molecule has 1 aromatic heterocycles. The summed E-state index contributed by atoms with van der Waals surface area (Å²) in [6.45, 7) is 5.20. The first kappa shape index (κ1) is 24.2. The van der Waals surface area contributed by atoms with Gasteiger partial charge in [-0.1, -0.05) is 48.0 Å². The van der Waals surface area contributed by atoms with Gasteiger partial charge in [-0.15, -0.1) is 0 Å². The predicted octanol–water partition coefficient (Wildman–Crippen LogP) is 5.58. The highest BCUT2D eigenvalue weighted by atomic mass is 35.5. The highest BCUT2D eigenvalue weighted by Gasteiger charge is 2.18. The van der Waals surface area contributed by atoms with E-state index in [1.54, 1.807) is 22.9 Å². The quantitative estimate of drug-likeness (QED) is 0.331. The van der Waals surface area contributed by atoms with E-state index in [-0.39, 0.29) is 11.4 Å². The summed E-state index contributed by atoms with van der Waals surface area (Å²) in [6, 6.07) is 25.6. The number of rotatable bonds is 7. The zero-order valence-corrected chi connectivity index (χ0v) is 20.7. The van der Waals surface area contributed by atoms with Gasteiger partial charge in [0.1, 0.15) is 5.82 Å². The Labute approximate surface area is 215 Å². The fourth-order valence-corrected chi connectivity index (χ4v) is 4.81. The average Bonchev–Trinajstić information content (AvgIpc) is 2.91. The molecular weight excluding hydrogens is 475 g/mol. The van der Waals surface area contributed by atoms with E-state index < -0.39 is 0 Å². The molecule has 0 bridgehead atoms. The zero-order chi connectivity index (χ0) is 24.9. The van der Waals surface area contributed by atoms with Crippen molar-refractivity contribution in [2.45, 2.75) is 13.0 Å². The van der Waals surface area contributed by atoms with Crippen LogP contribution in [0.3, 0.4) is 0 Å². The van der Waals surface area contributed by atoms with E-state index in [9.17, 15) is 9.18 Å². The Kier molecular flexibility index (Phi) is 7.44. The van der Waals surface area contributed by atoms with Gasteiger partial charge >= 0.3 is 0 Å². The van der Waals surface area contributed by atoms with Crippen molar-refractivity contribution >= 4 is 17.3 Å². The number of aryl methyl sites for hydroxylation is 1. The molecule has 0 amide bonds. The van der Waals surface area contributed by atoms with Crippen LogP contribution in [-0.4, -0.2) is 47.4 Å². The molecule has 3 aromatic carbocycles. The number of halogens is 2. The minimum absolute atomic E-state index is 0.113. The lowest BCUT2D eigenvalue weighted by Crippen LogP contribution is -2.46. The third-order valence-electron chi connectivity index (χ3n) is 6.59. The fraction of sp³-hybridized carbons (Fsp3) is 0.241. The summed E-state index contributed by atoms with van der Waals surface area (Å²) < 4.78 is 15.0. The summed E-state index contributed by atoms with van der Waals surface area (Å²) in [7, 11) is 0. The minimum atomic E-state index is -0.300. The van der Waals surface area contributed by atoms with Gasteiger partial charge in [0.2, 0.25) is 0 Å². The molecule has 4 aromatic rings. The lowest BCUT2D eigenvalue weighted by atomic mass is 10.0. The van der Waals surface area contributed by atoms with Gasteiger partial charge in [0.25, 0.3) is 5.56 Å². The Morgan fingerprint density at radius 1 is 0.806 bits per heavy atom. The third kappa shape index (κ3) is 5.66. The van der Waals surface area contributed by atoms with Gasteiger partial charge in [-0.25, -0.2) is 9.07 Å². The molecule has 2 heterocycles. The Bertz CT molecular complexity index is 1370. The second kappa shape index (κ2) is 11.1. The third-order valence-corrected chi connectivity index (χ3v) is 6.82. The zero-order valence-electron chi connectivity index (χ0n) is 20.0. The van der Waals surface area contributed by atoms with Crippen molar-refractivity contribution in [1.82, 2.24) is 14.7 Å². The first-order valence-electron chi connectivity index (χ1n) is 12.2. The van der Waals surface area contributed by atoms with Crippen LogP contribution in [-0.2, 0) is 6.54 Å². The lowest BCUT2D eigenvalue weighted by Gasteiger charge is -2.36. The molecule has 184 valence electrons. The summed E-state index contributed by atoms with van der Waals surface area (Å²) in [5.41, 5.74) is 3.92. The molecule has 5 rings (SSSR count). The molecule has 0 N–H and O–H groups in total. The first-order chi connectivity index (χ1) is 17.6. The molecule has 1 aliphatic rings. The molecule has 1 saturated heterocycles. The van der Waals surface area contributed by atoms with E-state index in [4.69, 9.17) is 11.6 Å². The van der Waals surface area contributed by atoms with Crippen LogP contribution in [0, 0.1) is 5.82 Å². The Balaban J connectivity index is 1.28. The summed E-state index contributed by atoms with van der Waals surface area (Å²) in [4.78, 5) is 18.1. The van der Waals surface area contributed by atoms with Crippen molar-refractivity contribution in [2.24, 2.45) is 0 Å². The van der Waals surface area contributed by atoms with Crippen molar-refractivity contribution in [3.05, 3.63) is 106 Å². The van der Waals surface area contributed by atoms with Crippen molar-refractivity contribution in [1.29, 1.82) is 0 Å². The van der Waals surface area contributed by atoms with E-state index in [0.29, 0.717) is 17.8 Å². The maximum Gasteiger partial charge on any atom is 0.274 e. The molecular formula is C29H28ClFN4O. The average molecular weight is 503 g/mol. The number of nitrogens with zero attached hydrogens (tertiary/aromatic N) is 4. The lowest BCUT2D eigenvalue weighted by molar-refractivity contribution is 0.248. The van der Waals surface area contributed by atoms with Crippen molar-refractivity contribution in [2.75, 3.05) is 37.6 Å². The van der Waals surface area contributed by atoms with Gasteiger partial charge in [0.15, 0.2) is 0 Å². The van der Waals surface area contributed by atoms with Crippen LogP contribution >= 0.6 is 11.6 Å². The van der Waals surface area contributed by atoms with E-state index in [1.807, 2.05) is 48.5 Å². The maximum atomic E-state index is 13.5. The number of benzene rings is 3. The molecule has 0 saturated carbocycles. The number of hydrogen-bond donors (Lipinski definition) is 0. The van der Waals surface area contributed by atoms with Crippen molar-refractivity contribution in [3.8, 4) is 22.4 Å². The second-order valence-electron chi connectivity index (χ2n) is 9.01. The highest BCUT2D eigenvalue weighted by molar-refractivity contribution is 6.30. The highest BCUT2D eigenvalue weighted by Crippen LogP contribution is 2.23. The van der Waals surface area contributed by atoms with Crippen LogP contribution in [0.15, 0.2) is 89.7 Å². The van der Waals surface area contributed by atoms with E-state index in [2.05, 4.69) is 21.0 Å². The van der Waals surface area contributed by atoms with Gasteiger partial charge < -0.3 is 4.90 Å². The SMILES string of the molecule is O=c1c(-c2ccccc2)cc(-c2ccc(F)cc2)nn1CCCN1CCN(c2cccc(Cl)c2)CC1. The smallest absolute Gasteiger partial charge is 0.274 e. The summed E-state index contributed by atoms with van der Waals surface area (Å²) in [5.74, 6) is -0.300. The molecule has 7 heteroatoms. The fourth-order valence-electron chi connectivity index (χ4n) is 4.63. The molecule has 0 radical (unpaired) electrons. The molecule has 1 fully saturated rings. The molecule has 36 heavy (non-hydrogen) atoms. The van der Waals surface area contributed by atoms with Crippen LogP contribution < -0.4 is 10.5 Å².